The fourth-order valence-electron chi connectivity index (χ4n) is 1.81. The summed E-state index contributed by atoms with van der Waals surface area (Å²) in [5.74, 6) is -1.07. The lowest BCUT2D eigenvalue weighted by Gasteiger charge is -2.36. The molecule has 1 amide bonds. The molecule has 1 N–H and O–H groups in total. The van der Waals surface area contributed by atoms with E-state index < -0.39 is 5.97 Å². The molecule has 1 rings (SSSR count). The van der Waals surface area contributed by atoms with Crippen molar-refractivity contribution in [3.63, 3.8) is 0 Å². The minimum atomic E-state index is -0.943. The molecule has 0 saturated heterocycles. The molecule has 0 atom stereocenters. The van der Waals surface area contributed by atoms with E-state index in [-0.39, 0.29) is 24.3 Å². The Labute approximate surface area is 114 Å². The summed E-state index contributed by atoms with van der Waals surface area (Å²) in [4.78, 5) is 24.5. The van der Waals surface area contributed by atoms with Crippen LogP contribution in [0.25, 0.3) is 0 Å². The smallest absolute Gasteiger partial charge is 0.303 e. The SMILES string of the molecule is CC(C)(C)N(Cc1ccccc1)C(=O)CCC(=O)O. The van der Waals surface area contributed by atoms with E-state index in [0.717, 1.165) is 5.56 Å². The van der Waals surface area contributed by atoms with E-state index in [0.29, 0.717) is 6.54 Å². The van der Waals surface area contributed by atoms with Gasteiger partial charge in [0.25, 0.3) is 0 Å². The molecule has 0 saturated carbocycles. The normalized spacial score (nSPS) is 11.1. The van der Waals surface area contributed by atoms with Crippen LogP contribution in [0.15, 0.2) is 30.3 Å². The molecule has 0 aliphatic rings. The van der Waals surface area contributed by atoms with Crippen molar-refractivity contribution in [2.75, 3.05) is 0 Å². The molecular formula is C15H21NO3. The maximum absolute atomic E-state index is 12.2. The van der Waals surface area contributed by atoms with Crippen molar-refractivity contribution in [1.82, 2.24) is 4.90 Å². The highest BCUT2D eigenvalue weighted by Gasteiger charge is 2.26. The van der Waals surface area contributed by atoms with Gasteiger partial charge in [0.15, 0.2) is 0 Å². The first-order valence-electron chi connectivity index (χ1n) is 6.37. The molecule has 4 nitrogen and oxygen atoms in total. The molecule has 0 bridgehead atoms. The van der Waals surface area contributed by atoms with Crippen molar-refractivity contribution in [1.29, 1.82) is 0 Å². The number of carbonyl (C=O) groups is 2. The Bertz CT molecular complexity index is 434. The Morgan fingerprint density at radius 3 is 2.16 bits per heavy atom. The molecular weight excluding hydrogens is 242 g/mol. The first-order chi connectivity index (χ1) is 8.80. The summed E-state index contributed by atoms with van der Waals surface area (Å²) < 4.78 is 0. The third kappa shape index (κ3) is 5.12. The lowest BCUT2D eigenvalue weighted by Crippen LogP contribution is -2.45. The Balaban J connectivity index is 2.78. The fraction of sp³-hybridized carbons (Fsp3) is 0.467. The van der Waals surface area contributed by atoms with Crippen molar-refractivity contribution in [3.8, 4) is 0 Å². The third-order valence-corrected chi connectivity index (χ3v) is 2.85. The number of carboxylic acid groups (broad SMARTS) is 1. The number of carboxylic acids is 1. The predicted octanol–water partition coefficient (Wildman–Crippen LogP) is 2.68. The van der Waals surface area contributed by atoms with Gasteiger partial charge in [0.05, 0.1) is 6.42 Å². The van der Waals surface area contributed by atoms with Crippen LogP contribution in [0.4, 0.5) is 0 Å². The molecule has 0 aliphatic carbocycles. The molecule has 0 unspecified atom stereocenters. The average molecular weight is 263 g/mol. The number of nitrogens with zero attached hydrogens (tertiary/aromatic N) is 1. The first kappa shape index (κ1) is 15.2. The highest BCUT2D eigenvalue weighted by molar-refractivity contribution is 5.81. The molecule has 104 valence electrons. The van der Waals surface area contributed by atoms with Crippen molar-refractivity contribution in [3.05, 3.63) is 35.9 Å². The van der Waals surface area contributed by atoms with Crippen LogP contribution in [0.3, 0.4) is 0 Å². The molecule has 0 heterocycles. The van der Waals surface area contributed by atoms with Crippen LogP contribution < -0.4 is 0 Å². The minimum absolute atomic E-state index is 0.0411. The number of amides is 1. The third-order valence-electron chi connectivity index (χ3n) is 2.85. The van der Waals surface area contributed by atoms with E-state index in [9.17, 15) is 9.59 Å². The highest BCUT2D eigenvalue weighted by Crippen LogP contribution is 2.19. The van der Waals surface area contributed by atoms with E-state index in [4.69, 9.17) is 5.11 Å². The minimum Gasteiger partial charge on any atom is -0.481 e. The van der Waals surface area contributed by atoms with E-state index >= 15 is 0 Å². The van der Waals surface area contributed by atoms with Crippen molar-refractivity contribution >= 4 is 11.9 Å². The maximum atomic E-state index is 12.2. The number of hydrogen-bond donors (Lipinski definition) is 1. The number of rotatable bonds is 5. The van der Waals surface area contributed by atoms with Gasteiger partial charge in [-0.15, -0.1) is 0 Å². The van der Waals surface area contributed by atoms with E-state index in [1.807, 2.05) is 51.1 Å². The summed E-state index contributed by atoms with van der Waals surface area (Å²) in [6.45, 7) is 6.36. The van der Waals surface area contributed by atoms with Gasteiger partial charge in [-0.2, -0.15) is 0 Å². The van der Waals surface area contributed by atoms with Gasteiger partial charge in [0, 0.05) is 18.5 Å². The quantitative estimate of drug-likeness (QED) is 0.888. The van der Waals surface area contributed by atoms with E-state index in [2.05, 4.69) is 0 Å². The Morgan fingerprint density at radius 2 is 1.68 bits per heavy atom. The molecule has 0 fully saturated rings. The maximum Gasteiger partial charge on any atom is 0.303 e. The van der Waals surface area contributed by atoms with Crippen molar-refractivity contribution in [2.24, 2.45) is 0 Å². The summed E-state index contributed by atoms with van der Waals surface area (Å²) in [6.07, 6.45) is -0.0837. The standard InChI is InChI=1S/C15H21NO3/c1-15(2,3)16(13(17)9-10-14(18)19)11-12-7-5-4-6-8-12/h4-8H,9-11H2,1-3H3,(H,18,19). The van der Waals surface area contributed by atoms with Crippen LogP contribution in [-0.2, 0) is 16.1 Å². The van der Waals surface area contributed by atoms with Gasteiger partial charge in [-0.1, -0.05) is 30.3 Å². The molecule has 0 spiro atoms. The van der Waals surface area contributed by atoms with Crippen LogP contribution in [0.1, 0.15) is 39.2 Å². The number of aliphatic carboxylic acids is 1. The first-order valence-corrected chi connectivity index (χ1v) is 6.37. The highest BCUT2D eigenvalue weighted by atomic mass is 16.4. The van der Waals surface area contributed by atoms with Gasteiger partial charge in [-0.25, -0.2) is 0 Å². The second-order valence-electron chi connectivity index (χ2n) is 5.53. The molecule has 1 aromatic carbocycles. The molecule has 0 aromatic heterocycles. The molecule has 0 aliphatic heterocycles. The van der Waals surface area contributed by atoms with Crippen LogP contribution >= 0.6 is 0 Å². The molecule has 0 radical (unpaired) electrons. The van der Waals surface area contributed by atoms with Gasteiger partial charge in [-0.05, 0) is 26.3 Å². The summed E-state index contributed by atoms with van der Waals surface area (Å²) in [6, 6.07) is 9.71. The topological polar surface area (TPSA) is 57.6 Å². The molecule has 1 aromatic rings. The number of carbonyl (C=O) groups excluding carboxylic acids is 1. The lowest BCUT2D eigenvalue weighted by molar-refractivity contribution is -0.143. The average Bonchev–Trinajstić information content (AvgIpc) is 2.33. The summed E-state index contributed by atoms with van der Waals surface area (Å²) in [5, 5.41) is 8.67. The second kappa shape index (κ2) is 6.36. The van der Waals surface area contributed by atoms with Crippen molar-refractivity contribution in [2.45, 2.75) is 45.7 Å². The number of benzene rings is 1. The van der Waals surface area contributed by atoms with Gasteiger partial charge >= 0.3 is 5.97 Å². The Kier molecular flexibility index (Phi) is 5.10. The van der Waals surface area contributed by atoms with Gasteiger partial charge in [0.2, 0.25) is 5.91 Å². The Hall–Kier alpha value is -1.84. The largest absolute Gasteiger partial charge is 0.481 e. The number of hydrogen-bond acceptors (Lipinski definition) is 2. The van der Waals surface area contributed by atoms with Crippen LogP contribution in [-0.4, -0.2) is 27.4 Å². The lowest BCUT2D eigenvalue weighted by atomic mass is 10.0. The molecule has 19 heavy (non-hydrogen) atoms. The zero-order valence-corrected chi connectivity index (χ0v) is 11.7. The fourth-order valence-corrected chi connectivity index (χ4v) is 1.81. The zero-order valence-electron chi connectivity index (χ0n) is 11.7. The summed E-state index contributed by atoms with van der Waals surface area (Å²) >= 11 is 0. The van der Waals surface area contributed by atoms with E-state index in [1.165, 1.54) is 0 Å². The van der Waals surface area contributed by atoms with E-state index in [1.54, 1.807) is 4.90 Å². The Morgan fingerprint density at radius 1 is 1.11 bits per heavy atom. The summed E-state index contributed by atoms with van der Waals surface area (Å²) in [7, 11) is 0. The van der Waals surface area contributed by atoms with Crippen LogP contribution in [0, 0.1) is 0 Å². The van der Waals surface area contributed by atoms with Gasteiger partial charge < -0.3 is 10.0 Å². The van der Waals surface area contributed by atoms with Gasteiger partial charge in [-0.3, -0.25) is 9.59 Å². The van der Waals surface area contributed by atoms with Crippen LogP contribution in [0.5, 0.6) is 0 Å². The van der Waals surface area contributed by atoms with Crippen molar-refractivity contribution < 1.29 is 14.7 Å². The molecule has 4 heteroatoms. The summed E-state index contributed by atoms with van der Waals surface area (Å²) in [5.41, 5.74) is 0.715. The van der Waals surface area contributed by atoms with Gasteiger partial charge in [0.1, 0.15) is 0 Å². The zero-order chi connectivity index (χ0) is 14.5. The van der Waals surface area contributed by atoms with Crippen LogP contribution in [0.2, 0.25) is 0 Å². The monoisotopic (exact) mass is 263 g/mol. The second-order valence-corrected chi connectivity index (χ2v) is 5.53. The predicted molar refractivity (Wildman–Crippen MR) is 73.6 cm³/mol.